The molecule has 0 atom stereocenters. The summed E-state index contributed by atoms with van der Waals surface area (Å²) in [4.78, 5) is 10.6. The smallest absolute Gasteiger partial charge is 0.259 e. The number of hydrogen-bond acceptors (Lipinski definition) is 2. The number of carbonyl (C=O) groups is 1. The number of nitrogens with zero attached hydrogens (tertiary/aromatic N) is 1. The first-order valence-electron chi connectivity index (χ1n) is 3.92. The Balaban J connectivity index is 3.30. The van der Waals surface area contributed by atoms with Gasteiger partial charge in [-0.3, -0.25) is 4.79 Å². The standard InChI is InChI=1S/C10H6F2N2O/c11-8-2-1-3-9(12)7(8)4-6(5-13)10(14)15/h1-4H,(H2,14,15)/b6-4+. The van der Waals surface area contributed by atoms with Crippen molar-refractivity contribution in [1.82, 2.24) is 0 Å². The predicted octanol–water partition coefficient (Wildman–Crippen LogP) is 1.36. The van der Waals surface area contributed by atoms with E-state index in [0.29, 0.717) is 0 Å². The normalized spacial score (nSPS) is 10.9. The van der Waals surface area contributed by atoms with Crippen LogP contribution in [0.2, 0.25) is 0 Å². The van der Waals surface area contributed by atoms with Crippen molar-refractivity contribution < 1.29 is 13.6 Å². The van der Waals surface area contributed by atoms with Gasteiger partial charge in [-0.15, -0.1) is 0 Å². The molecule has 0 bridgehead atoms. The third-order valence-electron chi connectivity index (χ3n) is 1.67. The Morgan fingerprint density at radius 3 is 2.33 bits per heavy atom. The van der Waals surface area contributed by atoms with E-state index in [1.54, 1.807) is 0 Å². The van der Waals surface area contributed by atoms with E-state index in [4.69, 9.17) is 11.0 Å². The van der Waals surface area contributed by atoms with Crippen molar-refractivity contribution in [3.8, 4) is 6.07 Å². The lowest BCUT2D eigenvalue weighted by atomic mass is 10.1. The van der Waals surface area contributed by atoms with E-state index < -0.39 is 28.7 Å². The summed E-state index contributed by atoms with van der Waals surface area (Å²) in [5.41, 5.74) is 3.87. The van der Waals surface area contributed by atoms with Crippen molar-refractivity contribution in [3.05, 3.63) is 41.0 Å². The fraction of sp³-hybridized carbons (Fsp3) is 0. The first kappa shape index (κ1) is 10.9. The highest BCUT2D eigenvalue weighted by atomic mass is 19.1. The van der Waals surface area contributed by atoms with Crippen molar-refractivity contribution >= 4 is 12.0 Å². The summed E-state index contributed by atoms with van der Waals surface area (Å²) in [6.07, 6.45) is 0.785. The van der Waals surface area contributed by atoms with Gasteiger partial charge in [0.15, 0.2) is 0 Å². The summed E-state index contributed by atoms with van der Waals surface area (Å²) in [6, 6.07) is 4.67. The number of carbonyl (C=O) groups excluding carboxylic acids is 1. The molecule has 0 aliphatic rings. The highest BCUT2D eigenvalue weighted by Gasteiger charge is 2.09. The van der Waals surface area contributed by atoms with Crippen LogP contribution in [-0.4, -0.2) is 5.91 Å². The zero-order chi connectivity index (χ0) is 11.4. The summed E-state index contributed by atoms with van der Waals surface area (Å²) in [6.45, 7) is 0. The Kier molecular flexibility index (Phi) is 3.13. The second-order valence-corrected chi connectivity index (χ2v) is 2.67. The van der Waals surface area contributed by atoms with Crippen LogP contribution in [0.5, 0.6) is 0 Å². The van der Waals surface area contributed by atoms with Gasteiger partial charge < -0.3 is 5.73 Å². The van der Waals surface area contributed by atoms with E-state index in [9.17, 15) is 13.6 Å². The van der Waals surface area contributed by atoms with Crippen molar-refractivity contribution in [2.75, 3.05) is 0 Å². The molecule has 0 aliphatic carbocycles. The van der Waals surface area contributed by atoms with Crippen LogP contribution in [0.3, 0.4) is 0 Å². The Hall–Kier alpha value is -2.22. The summed E-state index contributed by atoms with van der Waals surface area (Å²) >= 11 is 0. The Morgan fingerprint density at radius 1 is 1.40 bits per heavy atom. The van der Waals surface area contributed by atoms with Crippen LogP contribution in [0.1, 0.15) is 5.56 Å². The van der Waals surface area contributed by atoms with Crippen LogP contribution >= 0.6 is 0 Å². The molecule has 0 radical (unpaired) electrons. The molecular formula is C10H6F2N2O. The monoisotopic (exact) mass is 208 g/mol. The van der Waals surface area contributed by atoms with Crippen molar-refractivity contribution in [2.45, 2.75) is 0 Å². The second kappa shape index (κ2) is 4.33. The number of benzene rings is 1. The van der Waals surface area contributed by atoms with E-state index in [2.05, 4.69) is 0 Å². The maximum Gasteiger partial charge on any atom is 0.259 e. The molecule has 1 amide bonds. The van der Waals surface area contributed by atoms with Gasteiger partial charge in [0.1, 0.15) is 23.3 Å². The van der Waals surface area contributed by atoms with Crippen molar-refractivity contribution in [3.63, 3.8) is 0 Å². The van der Waals surface area contributed by atoms with E-state index >= 15 is 0 Å². The maximum atomic E-state index is 13.1. The molecule has 2 N–H and O–H groups in total. The van der Waals surface area contributed by atoms with Gasteiger partial charge in [0.25, 0.3) is 5.91 Å². The fourth-order valence-corrected chi connectivity index (χ4v) is 0.951. The molecule has 0 saturated heterocycles. The number of rotatable bonds is 2. The number of halogens is 2. The molecule has 0 fully saturated rings. The maximum absolute atomic E-state index is 13.1. The minimum absolute atomic E-state index is 0.451. The number of hydrogen-bond donors (Lipinski definition) is 1. The van der Waals surface area contributed by atoms with Crippen LogP contribution in [0.25, 0.3) is 6.08 Å². The van der Waals surface area contributed by atoms with Crippen LogP contribution in [-0.2, 0) is 4.79 Å². The molecule has 1 rings (SSSR count). The Morgan fingerprint density at radius 2 is 1.93 bits per heavy atom. The summed E-state index contributed by atoms with van der Waals surface area (Å²) < 4.78 is 26.1. The molecule has 3 nitrogen and oxygen atoms in total. The average molecular weight is 208 g/mol. The van der Waals surface area contributed by atoms with Gasteiger partial charge in [-0.2, -0.15) is 5.26 Å². The van der Waals surface area contributed by atoms with Crippen LogP contribution in [0.15, 0.2) is 23.8 Å². The minimum atomic E-state index is -1.03. The molecular weight excluding hydrogens is 202 g/mol. The molecule has 0 aromatic heterocycles. The Bertz CT molecular complexity index is 455. The number of amides is 1. The van der Waals surface area contributed by atoms with E-state index in [1.807, 2.05) is 0 Å². The molecule has 0 aliphatic heterocycles. The highest BCUT2D eigenvalue weighted by molar-refractivity contribution is 6.00. The van der Waals surface area contributed by atoms with Gasteiger partial charge in [-0.25, -0.2) is 8.78 Å². The van der Waals surface area contributed by atoms with Crippen molar-refractivity contribution in [1.29, 1.82) is 5.26 Å². The predicted molar refractivity (Wildman–Crippen MR) is 49.1 cm³/mol. The third-order valence-corrected chi connectivity index (χ3v) is 1.67. The van der Waals surface area contributed by atoms with Gasteiger partial charge in [0, 0.05) is 5.56 Å². The summed E-state index contributed by atoms with van der Waals surface area (Å²) in [5, 5.41) is 8.48. The molecule has 5 heteroatoms. The largest absolute Gasteiger partial charge is 0.365 e. The third kappa shape index (κ3) is 2.38. The van der Waals surface area contributed by atoms with Gasteiger partial charge in [0.05, 0.1) is 0 Å². The molecule has 1 aromatic carbocycles. The molecule has 15 heavy (non-hydrogen) atoms. The topological polar surface area (TPSA) is 66.9 Å². The molecule has 0 heterocycles. The molecule has 0 saturated carbocycles. The molecule has 76 valence electrons. The summed E-state index contributed by atoms with van der Waals surface area (Å²) in [7, 11) is 0. The first-order valence-corrected chi connectivity index (χ1v) is 3.92. The number of primary amides is 1. The van der Waals surface area contributed by atoms with Gasteiger partial charge in [-0.1, -0.05) is 6.07 Å². The van der Waals surface area contributed by atoms with Gasteiger partial charge >= 0.3 is 0 Å². The van der Waals surface area contributed by atoms with Crippen molar-refractivity contribution in [2.24, 2.45) is 5.73 Å². The fourth-order valence-electron chi connectivity index (χ4n) is 0.951. The van der Waals surface area contributed by atoms with Crippen LogP contribution in [0.4, 0.5) is 8.78 Å². The van der Waals surface area contributed by atoms with E-state index in [-0.39, 0.29) is 0 Å². The first-order chi connectivity index (χ1) is 7.06. The van der Waals surface area contributed by atoms with E-state index in [0.717, 1.165) is 18.2 Å². The zero-order valence-electron chi connectivity index (χ0n) is 7.50. The highest BCUT2D eigenvalue weighted by Crippen LogP contribution is 2.15. The zero-order valence-corrected chi connectivity index (χ0v) is 7.50. The quantitative estimate of drug-likeness (QED) is 0.589. The SMILES string of the molecule is N#C/C(=C\c1c(F)cccc1F)C(N)=O. The number of nitrogens with two attached hydrogens (primary N) is 1. The minimum Gasteiger partial charge on any atom is -0.365 e. The number of nitriles is 1. The Labute approximate surface area is 84.4 Å². The average Bonchev–Trinajstić information content (AvgIpc) is 2.17. The van der Waals surface area contributed by atoms with E-state index in [1.165, 1.54) is 12.1 Å². The van der Waals surface area contributed by atoms with Gasteiger partial charge in [-0.05, 0) is 18.2 Å². The lowest BCUT2D eigenvalue weighted by Crippen LogP contribution is -2.12. The lowest BCUT2D eigenvalue weighted by Gasteiger charge is -1.98. The lowest BCUT2D eigenvalue weighted by molar-refractivity contribution is -0.114. The van der Waals surface area contributed by atoms with Crippen LogP contribution < -0.4 is 5.73 Å². The molecule has 0 spiro atoms. The molecule has 1 aromatic rings. The van der Waals surface area contributed by atoms with Gasteiger partial charge in [0.2, 0.25) is 0 Å². The van der Waals surface area contributed by atoms with Crippen LogP contribution in [0, 0.1) is 23.0 Å². The molecule has 0 unspecified atom stereocenters. The second-order valence-electron chi connectivity index (χ2n) is 2.67. The summed E-state index contributed by atoms with van der Waals surface area (Å²) in [5.74, 6) is -2.74.